The molecule has 1 aromatic heterocycles. The summed E-state index contributed by atoms with van der Waals surface area (Å²) in [7, 11) is -2.99. The smallest absolute Gasteiger partial charge is 0.257 e. The first kappa shape index (κ1) is 20.5. The second-order valence-corrected chi connectivity index (χ2v) is 9.27. The number of nitrogens with zero attached hydrogens (tertiary/aromatic N) is 4. The van der Waals surface area contributed by atoms with Crippen LogP contribution in [0.3, 0.4) is 0 Å². The lowest BCUT2D eigenvalue weighted by molar-refractivity contribution is 0.0643. The lowest BCUT2D eigenvalue weighted by Gasteiger charge is -2.34. The fourth-order valence-electron chi connectivity index (χ4n) is 3.34. The molecule has 1 aromatic carbocycles. The van der Waals surface area contributed by atoms with E-state index in [-0.39, 0.29) is 17.5 Å². The first-order valence-corrected chi connectivity index (χ1v) is 11.4. The molecule has 0 saturated carbocycles. The minimum absolute atomic E-state index is 0.0759. The summed E-state index contributed by atoms with van der Waals surface area (Å²) >= 11 is 0. The molecule has 7 nitrogen and oxygen atoms in total. The number of carbonyl (C=O) groups excluding carboxylic acids is 1. The summed E-state index contributed by atoms with van der Waals surface area (Å²) in [6.45, 7) is 4.84. The van der Waals surface area contributed by atoms with Crippen molar-refractivity contribution >= 4 is 15.7 Å². The second kappa shape index (κ2) is 8.40. The molecule has 1 amide bonds. The fourth-order valence-corrected chi connectivity index (χ4v) is 3.93. The third-order valence-corrected chi connectivity index (χ3v) is 5.87. The van der Waals surface area contributed by atoms with Gasteiger partial charge < -0.3 is 4.90 Å². The van der Waals surface area contributed by atoms with Gasteiger partial charge in [-0.1, -0.05) is 6.92 Å². The summed E-state index contributed by atoms with van der Waals surface area (Å²) in [6, 6.07) is 6.01. The monoisotopic (exact) mass is 408 g/mol. The van der Waals surface area contributed by atoms with Gasteiger partial charge in [0.05, 0.1) is 28.9 Å². The first-order valence-electron chi connectivity index (χ1n) is 9.30. The van der Waals surface area contributed by atoms with Gasteiger partial charge in [-0.2, -0.15) is 5.10 Å². The molecule has 28 heavy (non-hydrogen) atoms. The number of piperazine rings is 1. The summed E-state index contributed by atoms with van der Waals surface area (Å²) in [5, 5.41) is 4.34. The van der Waals surface area contributed by atoms with Crippen molar-refractivity contribution in [1.29, 1.82) is 0 Å². The molecule has 1 fully saturated rings. The van der Waals surface area contributed by atoms with Gasteiger partial charge in [0.2, 0.25) is 0 Å². The van der Waals surface area contributed by atoms with Crippen molar-refractivity contribution in [2.24, 2.45) is 0 Å². The van der Waals surface area contributed by atoms with Crippen molar-refractivity contribution in [1.82, 2.24) is 19.6 Å². The highest BCUT2D eigenvalue weighted by Gasteiger charge is 2.26. The van der Waals surface area contributed by atoms with Crippen LogP contribution in [0.15, 0.2) is 30.5 Å². The van der Waals surface area contributed by atoms with Crippen molar-refractivity contribution < 1.29 is 17.6 Å². The number of carbonyl (C=O) groups is 1. The molecule has 1 aliphatic heterocycles. The van der Waals surface area contributed by atoms with Gasteiger partial charge in [-0.25, -0.2) is 17.5 Å². The van der Waals surface area contributed by atoms with E-state index in [4.69, 9.17) is 0 Å². The lowest BCUT2D eigenvalue weighted by Crippen LogP contribution is -2.49. The van der Waals surface area contributed by atoms with E-state index in [1.165, 1.54) is 18.4 Å². The number of aromatic nitrogens is 2. The van der Waals surface area contributed by atoms with E-state index in [2.05, 4.69) is 10.00 Å². The number of hydrogen-bond donors (Lipinski definition) is 0. The van der Waals surface area contributed by atoms with Gasteiger partial charge in [0, 0.05) is 39.0 Å². The Hall–Kier alpha value is -2.26. The van der Waals surface area contributed by atoms with Gasteiger partial charge in [-0.3, -0.25) is 9.69 Å². The Morgan fingerprint density at radius 2 is 1.79 bits per heavy atom. The number of halogens is 1. The second-order valence-electron chi connectivity index (χ2n) is 7.01. The van der Waals surface area contributed by atoms with E-state index in [0.29, 0.717) is 50.4 Å². The van der Waals surface area contributed by atoms with E-state index in [1.54, 1.807) is 27.9 Å². The Morgan fingerprint density at radius 1 is 1.14 bits per heavy atom. The molecule has 3 rings (SSSR count). The quantitative estimate of drug-likeness (QED) is 0.722. The van der Waals surface area contributed by atoms with Crippen molar-refractivity contribution in [2.45, 2.75) is 13.3 Å². The predicted octanol–water partition coefficient (Wildman–Crippen LogP) is 1.38. The largest absolute Gasteiger partial charge is 0.336 e. The zero-order valence-electron chi connectivity index (χ0n) is 16.1. The van der Waals surface area contributed by atoms with Crippen LogP contribution in [0.2, 0.25) is 0 Å². The molecule has 2 aromatic rings. The summed E-state index contributed by atoms with van der Waals surface area (Å²) in [5.41, 5.74) is 2.05. The van der Waals surface area contributed by atoms with E-state index >= 15 is 0 Å². The third-order valence-electron chi connectivity index (χ3n) is 4.94. The molecule has 1 saturated heterocycles. The average molecular weight is 408 g/mol. The molecule has 0 atom stereocenters. The van der Waals surface area contributed by atoms with Crippen LogP contribution in [-0.2, 0) is 16.3 Å². The van der Waals surface area contributed by atoms with Crippen molar-refractivity contribution in [2.75, 3.05) is 44.7 Å². The summed E-state index contributed by atoms with van der Waals surface area (Å²) in [5.74, 6) is -0.266. The Labute approximate surface area is 164 Å². The minimum atomic E-state index is -2.99. The molecular formula is C19H25FN4O3S. The Morgan fingerprint density at radius 3 is 2.36 bits per heavy atom. The number of rotatable bonds is 6. The zero-order chi connectivity index (χ0) is 20.3. The van der Waals surface area contributed by atoms with Crippen LogP contribution in [0.4, 0.5) is 4.39 Å². The third kappa shape index (κ3) is 4.77. The maximum absolute atomic E-state index is 13.2. The Balaban J connectivity index is 1.69. The van der Waals surface area contributed by atoms with Crippen LogP contribution in [-0.4, -0.2) is 78.6 Å². The maximum atomic E-state index is 13.2. The number of amides is 1. The molecule has 0 unspecified atom stereocenters. The van der Waals surface area contributed by atoms with Crippen LogP contribution < -0.4 is 0 Å². The Bertz CT molecular complexity index is 933. The van der Waals surface area contributed by atoms with Crippen LogP contribution in [0, 0.1) is 5.82 Å². The number of hydrogen-bond acceptors (Lipinski definition) is 5. The van der Waals surface area contributed by atoms with Gasteiger partial charge in [0.1, 0.15) is 15.7 Å². The standard InChI is InChI=1S/C19H25FN4O3S/c1-3-18-17(14-21-24(18)16-6-4-15(20)5-7-16)19(25)23-10-8-22(9-11-23)12-13-28(2,26)27/h4-7,14H,3,8-13H2,1-2H3. The number of benzene rings is 1. The normalized spacial score (nSPS) is 15.8. The Kier molecular flexibility index (Phi) is 6.14. The molecule has 9 heteroatoms. The molecule has 0 aliphatic carbocycles. The fraction of sp³-hybridized carbons (Fsp3) is 0.474. The average Bonchev–Trinajstić information content (AvgIpc) is 3.10. The molecule has 1 aliphatic rings. The molecule has 152 valence electrons. The molecule has 0 bridgehead atoms. The lowest BCUT2D eigenvalue weighted by atomic mass is 10.1. The highest BCUT2D eigenvalue weighted by Crippen LogP contribution is 2.19. The van der Waals surface area contributed by atoms with Crippen LogP contribution in [0.1, 0.15) is 23.0 Å². The summed E-state index contributed by atoms with van der Waals surface area (Å²) in [6.07, 6.45) is 3.42. The van der Waals surface area contributed by atoms with Gasteiger partial charge in [-0.05, 0) is 30.7 Å². The highest BCUT2D eigenvalue weighted by molar-refractivity contribution is 7.90. The zero-order valence-corrected chi connectivity index (χ0v) is 17.0. The predicted molar refractivity (Wildman–Crippen MR) is 105 cm³/mol. The molecule has 0 N–H and O–H groups in total. The van der Waals surface area contributed by atoms with Gasteiger partial charge in [0.25, 0.3) is 5.91 Å². The molecule has 0 spiro atoms. The first-order chi connectivity index (χ1) is 13.3. The van der Waals surface area contributed by atoms with Crippen LogP contribution >= 0.6 is 0 Å². The topological polar surface area (TPSA) is 75.5 Å². The summed E-state index contributed by atoms with van der Waals surface area (Å²) in [4.78, 5) is 16.8. The van der Waals surface area contributed by atoms with Crippen molar-refractivity contribution in [3.63, 3.8) is 0 Å². The molecule has 0 radical (unpaired) electrons. The minimum Gasteiger partial charge on any atom is -0.336 e. The molecule has 2 heterocycles. The van der Waals surface area contributed by atoms with Gasteiger partial charge in [0.15, 0.2) is 0 Å². The number of sulfone groups is 1. The van der Waals surface area contributed by atoms with E-state index in [1.807, 2.05) is 6.92 Å². The summed E-state index contributed by atoms with van der Waals surface area (Å²) < 4.78 is 37.5. The van der Waals surface area contributed by atoms with Crippen molar-refractivity contribution in [3.05, 3.63) is 47.5 Å². The van der Waals surface area contributed by atoms with E-state index in [9.17, 15) is 17.6 Å². The SMILES string of the molecule is CCc1c(C(=O)N2CCN(CCS(C)(=O)=O)CC2)cnn1-c1ccc(F)cc1. The van der Waals surface area contributed by atoms with Crippen LogP contribution in [0.5, 0.6) is 0 Å². The van der Waals surface area contributed by atoms with Gasteiger partial charge >= 0.3 is 0 Å². The van der Waals surface area contributed by atoms with Gasteiger partial charge in [-0.15, -0.1) is 0 Å². The van der Waals surface area contributed by atoms with Crippen LogP contribution in [0.25, 0.3) is 5.69 Å². The van der Waals surface area contributed by atoms with E-state index in [0.717, 1.165) is 5.69 Å². The van der Waals surface area contributed by atoms with E-state index < -0.39 is 9.84 Å². The van der Waals surface area contributed by atoms with Crippen molar-refractivity contribution in [3.8, 4) is 5.69 Å². The molecular weight excluding hydrogens is 383 g/mol. The highest BCUT2D eigenvalue weighted by atomic mass is 32.2. The maximum Gasteiger partial charge on any atom is 0.257 e.